The lowest BCUT2D eigenvalue weighted by atomic mass is 9.85. The Kier molecular flexibility index (Phi) is 4.97. The fourth-order valence-electron chi connectivity index (χ4n) is 2.46. The van der Waals surface area contributed by atoms with Crippen molar-refractivity contribution in [1.82, 2.24) is 4.90 Å². The van der Waals surface area contributed by atoms with Crippen molar-refractivity contribution in [3.8, 4) is 0 Å². The molecule has 0 heterocycles. The van der Waals surface area contributed by atoms with Gasteiger partial charge in [-0.15, -0.1) is 11.6 Å². The Morgan fingerprint density at radius 1 is 1.43 bits per heavy atom. The van der Waals surface area contributed by atoms with Crippen LogP contribution in [-0.4, -0.2) is 30.4 Å². The maximum absolute atomic E-state index is 5.75. The molecule has 1 aliphatic rings. The molecule has 1 saturated carbocycles. The highest BCUT2D eigenvalue weighted by atomic mass is 35.5. The number of hydrogen-bond acceptors (Lipinski definition) is 1. The van der Waals surface area contributed by atoms with E-state index in [4.69, 9.17) is 11.6 Å². The number of rotatable bonds is 4. The first-order valence-electron chi connectivity index (χ1n) is 5.58. The maximum Gasteiger partial charge on any atom is 0.0443 e. The minimum atomic E-state index is 0.589. The van der Waals surface area contributed by atoms with E-state index < -0.39 is 0 Å². The quantitative estimate of drug-likeness (QED) is 0.514. The van der Waals surface area contributed by atoms with Crippen LogP contribution in [0.3, 0.4) is 0 Å². The summed E-state index contributed by atoms with van der Waals surface area (Å²) in [6.07, 6.45) is 5.50. The number of hydrogen-bond donors (Lipinski definition) is 0. The first-order chi connectivity index (χ1) is 6.65. The van der Waals surface area contributed by atoms with E-state index in [1.807, 2.05) is 0 Å². The van der Waals surface area contributed by atoms with Crippen molar-refractivity contribution in [1.29, 1.82) is 0 Å². The molecule has 2 unspecified atom stereocenters. The van der Waals surface area contributed by atoms with Crippen LogP contribution in [0.2, 0.25) is 0 Å². The number of nitrogens with zero attached hydrogens (tertiary/aromatic N) is 1. The molecule has 14 heavy (non-hydrogen) atoms. The van der Waals surface area contributed by atoms with Crippen LogP contribution in [0, 0.1) is 5.92 Å². The average Bonchev–Trinajstić information content (AvgIpc) is 2.18. The van der Waals surface area contributed by atoms with Gasteiger partial charge < -0.3 is 0 Å². The van der Waals surface area contributed by atoms with Crippen molar-refractivity contribution in [3.63, 3.8) is 0 Å². The first kappa shape index (κ1) is 12.1. The molecule has 0 spiro atoms. The van der Waals surface area contributed by atoms with E-state index in [2.05, 4.69) is 25.5 Å². The van der Waals surface area contributed by atoms with Crippen LogP contribution < -0.4 is 0 Å². The lowest BCUT2D eigenvalue weighted by Gasteiger charge is -2.36. The predicted octanol–water partition coefficient (Wildman–Crippen LogP) is 3.29. The van der Waals surface area contributed by atoms with Gasteiger partial charge in [-0.1, -0.05) is 26.3 Å². The van der Waals surface area contributed by atoms with Gasteiger partial charge in [0.15, 0.2) is 0 Å². The van der Waals surface area contributed by atoms with Gasteiger partial charge in [-0.2, -0.15) is 0 Å². The maximum atomic E-state index is 5.75. The lowest BCUT2D eigenvalue weighted by Crippen LogP contribution is -2.39. The highest BCUT2D eigenvalue weighted by Gasteiger charge is 2.24. The fourth-order valence-corrected chi connectivity index (χ4v) is 2.55. The molecule has 2 heteroatoms. The van der Waals surface area contributed by atoms with Crippen molar-refractivity contribution in [3.05, 3.63) is 12.2 Å². The second-order valence-corrected chi connectivity index (χ2v) is 4.90. The molecular weight excluding hydrogens is 194 g/mol. The van der Waals surface area contributed by atoms with E-state index in [0.29, 0.717) is 5.88 Å². The second-order valence-electron chi connectivity index (χ2n) is 4.63. The number of alkyl halides is 1. The zero-order chi connectivity index (χ0) is 10.6. The topological polar surface area (TPSA) is 3.24 Å². The van der Waals surface area contributed by atoms with Gasteiger partial charge in [-0.3, -0.25) is 4.90 Å². The highest BCUT2D eigenvalue weighted by Crippen LogP contribution is 2.27. The van der Waals surface area contributed by atoms with Gasteiger partial charge in [0, 0.05) is 18.5 Å². The summed E-state index contributed by atoms with van der Waals surface area (Å²) in [6, 6.07) is 0.740. The molecule has 0 amide bonds. The molecular formula is C12H22ClN. The SMILES string of the molecule is C=C(CCl)CN(C)C1CCCCC1C. The smallest absolute Gasteiger partial charge is 0.0443 e. The largest absolute Gasteiger partial charge is 0.299 e. The van der Waals surface area contributed by atoms with Gasteiger partial charge in [0.1, 0.15) is 0 Å². The zero-order valence-corrected chi connectivity index (χ0v) is 10.2. The summed E-state index contributed by atoms with van der Waals surface area (Å²) < 4.78 is 0. The Morgan fingerprint density at radius 3 is 2.64 bits per heavy atom. The summed E-state index contributed by atoms with van der Waals surface area (Å²) in [4.78, 5) is 2.43. The molecule has 1 nitrogen and oxygen atoms in total. The van der Waals surface area contributed by atoms with E-state index in [1.54, 1.807) is 0 Å². The zero-order valence-electron chi connectivity index (χ0n) is 9.43. The molecule has 1 aliphatic carbocycles. The van der Waals surface area contributed by atoms with Crippen molar-refractivity contribution in [2.24, 2.45) is 5.92 Å². The molecule has 0 aromatic rings. The summed E-state index contributed by atoms with van der Waals surface area (Å²) in [5.74, 6) is 1.42. The molecule has 82 valence electrons. The van der Waals surface area contributed by atoms with Crippen LogP contribution in [0.1, 0.15) is 32.6 Å². The standard InChI is InChI=1S/C12H22ClN/c1-10(8-13)9-14(3)12-7-5-4-6-11(12)2/h11-12H,1,4-9H2,2-3H3. The predicted molar refractivity (Wildman–Crippen MR) is 63.9 cm³/mol. The molecule has 0 aromatic carbocycles. The number of halogens is 1. The fraction of sp³-hybridized carbons (Fsp3) is 0.833. The summed E-state index contributed by atoms with van der Waals surface area (Å²) in [5.41, 5.74) is 1.13. The summed E-state index contributed by atoms with van der Waals surface area (Å²) in [7, 11) is 2.20. The molecule has 1 rings (SSSR count). The average molecular weight is 216 g/mol. The van der Waals surface area contributed by atoms with E-state index >= 15 is 0 Å². The minimum Gasteiger partial charge on any atom is -0.299 e. The van der Waals surface area contributed by atoms with Crippen LogP contribution in [0.25, 0.3) is 0 Å². The summed E-state index contributed by atoms with van der Waals surface area (Å²) in [6.45, 7) is 7.28. The second kappa shape index (κ2) is 5.77. The summed E-state index contributed by atoms with van der Waals surface area (Å²) in [5, 5.41) is 0. The van der Waals surface area contributed by atoms with E-state index in [1.165, 1.54) is 25.7 Å². The number of likely N-dealkylation sites (N-methyl/N-ethyl adjacent to an activating group) is 1. The Bertz CT molecular complexity index is 191. The molecule has 0 N–H and O–H groups in total. The van der Waals surface area contributed by atoms with Crippen LogP contribution in [0.4, 0.5) is 0 Å². The normalized spacial score (nSPS) is 28.0. The first-order valence-corrected chi connectivity index (χ1v) is 6.11. The molecule has 0 bridgehead atoms. The van der Waals surface area contributed by atoms with Gasteiger partial charge in [0.25, 0.3) is 0 Å². The van der Waals surface area contributed by atoms with Gasteiger partial charge in [0.05, 0.1) is 0 Å². The molecule has 0 saturated heterocycles. The van der Waals surface area contributed by atoms with Crippen LogP contribution >= 0.6 is 11.6 Å². The Morgan fingerprint density at radius 2 is 2.07 bits per heavy atom. The lowest BCUT2D eigenvalue weighted by molar-refractivity contribution is 0.150. The van der Waals surface area contributed by atoms with Crippen LogP contribution in [-0.2, 0) is 0 Å². The van der Waals surface area contributed by atoms with E-state index in [0.717, 1.165) is 24.1 Å². The van der Waals surface area contributed by atoms with Gasteiger partial charge in [0.2, 0.25) is 0 Å². The Hall–Kier alpha value is -0.0100. The monoisotopic (exact) mass is 215 g/mol. The minimum absolute atomic E-state index is 0.589. The van der Waals surface area contributed by atoms with Crippen LogP contribution in [0.5, 0.6) is 0 Å². The van der Waals surface area contributed by atoms with E-state index in [9.17, 15) is 0 Å². The van der Waals surface area contributed by atoms with Crippen molar-refractivity contribution in [2.75, 3.05) is 19.5 Å². The molecule has 2 atom stereocenters. The Labute approximate surface area is 93.1 Å². The third-order valence-electron chi connectivity index (χ3n) is 3.29. The molecule has 1 fully saturated rings. The third kappa shape index (κ3) is 3.29. The highest BCUT2D eigenvalue weighted by molar-refractivity contribution is 6.19. The van der Waals surface area contributed by atoms with Gasteiger partial charge in [-0.25, -0.2) is 0 Å². The summed E-state index contributed by atoms with van der Waals surface area (Å²) >= 11 is 5.75. The van der Waals surface area contributed by atoms with Crippen molar-refractivity contribution in [2.45, 2.75) is 38.6 Å². The molecule has 0 aliphatic heterocycles. The van der Waals surface area contributed by atoms with Gasteiger partial charge >= 0.3 is 0 Å². The van der Waals surface area contributed by atoms with Crippen LogP contribution in [0.15, 0.2) is 12.2 Å². The van der Waals surface area contributed by atoms with Crippen molar-refractivity contribution < 1.29 is 0 Å². The van der Waals surface area contributed by atoms with Gasteiger partial charge in [-0.05, 0) is 31.4 Å². The van der Waals surface area contributed by atoms with E-state index in [-0.39, 0.29) is 0 Å². The Balaban J connectivity index is 2.41. The molecule has 0 aromatic heterocycles. The van der Waals surface area contributed by atoms with Crippen molar-refractivity contribution >= 4 is 11.6 Å². The molecule has 0 radical (unpaired) electrons. The third-order valence-corrected chi connectivity index (χ3v) is 3.67.